The van der Waals surface area contributed by atoms with Crippen molar-refractivity contribution in [2.75, 3.05) is 13.7 Å². The van der Waals surface area contributed by atoms with Gasteiger partial charge in [0.05, 0.1) is 27.3 Å². The smallest absolute Gasteiger partial charge is 0.340 e. The van der Waals surface area contributed by atoms with Gasteiger partial charge in [0.25, 0.3) is 5.91 Å². The molecule has 0 aliphatic rings. The minimum Gasteiger partial charge on any atom is -0.452 e. The standard InChI is InChI=1S/C18H13ClF2N2O3S/c1-23(8-16-22-14-4-2-3-5-15(14)27-16)17(24)9-26-18(25)10-6-12(20)13(21)7-11(10)19/h2-7H,8-9H2,1H3. The van der Waals surface area contributed by atoms with E-state index in [0.717, 1.165) is 15.2 Å². The Hall–Kier alpha value is -2.58. The van der Waals surface area contributed by atoms with Crippen molar-refractivity contribution in [3.8, 4) is 0 Å². The van der Waals surface area contributed by atoms with Crippen molar-refractivity contribution < 1.29 is 23.1 Å². The number of halogens is 3. The molecule has 3 rings (SSSR count). The van der Waals surface area contributed by atoms with E-state index in [1.807, 2.05) is 24.3 Å². The maximum atomic E-state index is 13.3. The lowest BCUT2D eigenvalue weighted by atomic mass is 10.2. The number of carbonyl (C=O) groups is 2. The van der Waals surface area contributed by atoms with E-state index in [4.69, 9.17) is 16.3 Å². The van der Waals surface area contributed by atoms with E-state index in [-0.39, 0.29) is 17.1 Å². The predicted octanol–water partition coefficient (Wildman–Crippen LogP) is 4.04. The van der Waals surface area contributed by atoms with Crippen LogP contribution in [0.3, 0.4) is 0 Å². The number of amides is 1. The number of benzene rings is 2. The molecule has 0 saturated carbocycles. The number of aromatic nitrogens is 1. The second kappa shape index (κ2) is 7.98. The van der Waals surface area contributed by atoms with Crippen molar-refractivity contribution in [1.29, 1.82) is 0 Å². The first-order valence-electron chi connectivity index (χ1n) is 7.75. The highest BCUT2D eigenvalue weighted by Crippen LogP contribution is 2.23. The number of hydrogen-bond donors (Lipinski definition) is 0. The summed E-state index contributed by atoms with van der Waals surface area (Å²) in [5.41, 5.74) is 0.495. The van der Waals surface area contributed by atoms with Crippen LogP contribution < -0.4 is 0 Å². The Morgan fingerprint density at radius 1 is 1.22 bits per heavy atom. The Kier molecular flexibility index (Phi) is 5.67. The van der Waals surface area contributed by atoms with Crippen LogP contribution in [-0.2, 0) is 16.1 Å². The fraction of sp³-hybridized carbons (Fsp3) is 0.167. The van der Waals surface area contributed by atoms with Gasteiger partial charge in [-0.05, 0) is 24.3 Å². The van der Waals surface area contributed by atoms with Gasteiger partial charge in [-0.3, -0.25) is 4.79 Å². The first-order chi connectivity index (χ1) is 12.8. The van der Waals surface area contributed by atoms with Crippen LogP contribution in [0.4, 0.5) is 8.78 Å². The normalized spacial score (nSPS) is 10.8. The Labute approximate surface area is 162 Å². The lowest BCUT2D eigenvalue weighted by Gasteiger charge is -2.15. The fourth-order valence-electron chi connectivity index (χ4n) is 2.27. The highest BCUT2D eigenvalue weighted by atomic mass is 35.5. The Balaban J connectivity index is 1.59. The second-order valence-electron chi connectivity index (χ2n) is 5.65. The summed E-state index contributed by atoms with van der Waals surface area (Å²) >= 11 is 7.17. The third-order valence-electron chi connectivity index (χ3n) is 3.69. The molecule has 0 aliphatic carbocycles. The van der Waals surface area contributed by atoms with Crippen LogP contribution in [0, 0.1) is 11.6 Å². The van der Waals surface area contributed by atoms with Crippen LogP contribution >= 0.6 is 22.9 Å². The third kappa shape index (κ3) is 4.40. The lowest BCUT2D eigenvalue weighted by molar-refractivity contribution is -0.133. The van der Waals surface area contributed by atoms with Crippen molar-refractivity contribution >= 4 is 45.0 Å². The number of para-hydroxylation sites is 1. The Morgan fingerprint density at radius 3 is 2.67 bits per heavy atom. The topological polar surface area (TPSA) is 59.5 Å². The molecule has 0 unspecified atom stereocenters. The molecular formula is C18H13ClF2N2O3S. The summed E-state index contributed by atoms with van der Waals surface area (Å²) in [6, 6.07) is 8.91. The molecule has 0 fully saturated rings. The summed E-state index contributed by atoms with van der Waals surface area (Å²) in [7, 11) is 1.55. The van der Waals surface area contributed by atoms with E-state index in [9.17, 15) is 18.4 Å². The van der Waals surface area contributed by atoms with E-state index >= 15 is 0 Å². The molecule has 0 N–H and O–H groups in total. The summed E-state index contributed by atoms with van der Waals surface area (Å²) < 4.78 is 32.2. The van der Waals surface area contributed by atoms with E-state index in [1.54, 1.807) is 7.05 Å². The quantitative estimate of drug-likeness (QED) is 0.470. The van der Waals surface area contributed by atoms with Crippen molar-refractivity contribution in [2.45, 2.75) is 6.54 Å². The predicted molar refractivity (Wildman–Crippen MR) is 97.7 cm³/mol. The second-order valence-corrected chi connectivity index (χ2v) is 7.17. The molecule has 0 aliphatic heterocycles. The van der Waals surface area contributed by atoms with Gasteiger partial charge in [-0.2, -0.15) is 0 Å². The fourth-order valence-corrected chi connectivity index (χ4v) is 3.52. The average Bonchev–Trinajstić information content (AvgIpc) is 3.04. The zero-order valence-electron chi connectivity index (χ0n) is 14.0. The minimum atomic E-state index is -1.23. The van der Waals surface area contributed by atoms with E-state index in [0.29, 0.717) is 12.1 Å². The monoisotopic (exact) mass is 410 g/mol. The molecule has 1 heterocycles. The molecule has 5 nitrogen and oxygen atoms in total. The molecule has 0 atom stereocenters. The number of fused-ring (bicyclic) bond motifs is 1. The van der Waals surface area contributed by atoms with Gasteiger partial charge in [-0.1, -0.05) is 23.7 Å². The van der Waals surface area contributed by atoms with Gasteiger partial charge in [0.2, 0.25) is 0 Å². The lowest BCUT2D eigenvalue weighted by Crippen LogP contribution is -2.30. The number of nitrogens with zero attached hydrogens (tertiary/aromatic N) is 2. The summed E-state index contributed by atoms with van der Waals surface area (Å²) in [5, 5.41) is 0.441. The molecule has 0 spiro atoms. The van der Waals surface area contributed by atoms with Gasteiger partial charge >= 0.3 is 5.97 Å². The van der Waals surface area contributed by atoms with Crippen molar-refractivity contribution in [1.82, 2.24) is 9.88 Å². The molecule has 9 heteroatoms. The first-order valence-corrected chi connectivity index (χ1v) is 8.94. The van der Waals surface area contributed by atoms with Crippen molar-refractivity contribution in [3.63, 3.8) is 0 Å². The molecule has 1 amide bonds. The molecular weight excluding hydrogens is 398 g/mol. The molecule has 0 saturated heterocycles. The number of hydrogen-bond acceptors (Lipinski definition) is 5. The minimum absolute atomic E-state index is 0.252. The summed E-state index contributed by atoms with van der Waals surface area (Å²) in [4.78, 5) is 29.9. The van der Waals surface area contributed by atoms with Crippen LogP contribution in [0.15, 0.2) is 36.4 Å². The maximum absolute atomic E-state index is 13.3. The average molecular weight is 411 g/mol. The van der Waals surface area contributed by atoms with Gasteiger partial charge in [-0.25, -0.2) is 18.6 Å². The molecule has 2 aromatic carbocycles. The number of carbonyl (C=O) groups excluding carboxylic acids is 2. The van der Waals surface area contributed by atoms with E-state index < -0.39 is 30.1 Å². The number of ether oxygens (including phenoxy) is 1. The van der Waals surface area contributed by atoms with Crippen LogP contribution in [0.1, 0.15) is 15.4 Å². The Bertz CT molecular complexity index is 992. The van der Waals surface area contributed by atoms with Crippen LogP contribution in [0.2, 0.25) is 5.02 Å². The number of thiazole rings is 1. The van der Waals surface area contributed by atoms with Gasteiger partial charge in [0, 0.05) is 7.05 Å². The van der Waals surface area contributed by atoms with Crippen LogP contribution in [0.5, 0.6) is 0 Å². The van der Waals surface area contributed by atoms with E-state index in [1.165, 1.54) is 16.2 Å². The van der Waals surface area contributed by atoms with Gasteiger partial charge in [0.1, 0.15) is 5.01 Å². The zero-order chi connectivity index (χ0) is 19.6. The van der Waals surface area contributed by atoms with E-state index in [2.05, 4.69) is 4.98 Å². The number of esters is 1. The van der Waals surface area contributed by atoms with Crippen molar-refractivity contribution in [2.24, 2.45) is 0 Å². The number of rotatable bonds is 5. The largest absolute Gasteiger partial charge is 0.452 e. The third-order valence-corrected chi connectivity index (χ3v) is 5.03. The highest BCUT2D eigenvalue weighted by Gasteiger charge is 2.19. The molecule has 27 heavy (non-hydrogen) atoms. The molecule has 3 aromatic rings. The van der Waals surface area contributed by atoms with Crippen LogP contribution in [0.25, 0.3) is 10.2 Å². The van der Waals surface area contributed by atoms with Gasteiger partial charge < -0.3 is 9.64 Å². The Morgan fingerprint density at radius 2 is 1.93 bits per heavy atom. The van der Waals surface area contributed by atoms with Crippen LogP contribution in [-0.4, -0.2) is 35.4 Å². The molecule has 0 radical (unpaired) electrons. The summed E-state index contributed by atoms with van der Waals surface area (Å²) in [5.74, 6) is -3.89. The summed E-state index contributed by atoms with van der Waals surface area (Å²) in [6.45, 7) is -0.308. The van der Waals surface area contributed by atoms with Gasteiger partial charge in [0.15, 0.2) is 18.2 Å². The zero-order valence-corrected chi connectivity index (χ0v) is 15.6. The van der Waals surface area contributed by atoms with Gasteiger partial charge in [-0.15, -0.1) is 11.3 Å². The maximum Gasteiger partial charge on any atom is 0.340 e. The highest BCUT2D eigenvalue weighted by molar-refractivity contribution is 7.18. The summed E-state index contributed by atoms with van der Waals surface area (Å²) in [6.07, 6.45) is 0. The molecule has 0 bridgehead atoms. The molecule has 140 valence electrons. The van der Waals surface area contributed by atoms with Crippen molar-refractivity contribution in [3.05, 3.63) is 63.6 Å². The molecule has 1 aromatic heterocycles. The SMILES string of the molecule is CN(Cc1nc2ccccc2s1)C(=O)COC(=O)c1cc(F)c(F)cc1Cl. The number of likely N-dealkylation sites (N-methyl/N-ethyl adjacent to an activating group) is 1. The first kappa shape index (κ1) is 19.2.